The van der Waals surface area contributed by atoms with Gasteiger partial charge in [0, 0.05) is 89.4 Å². The Bertz CT molecular complexity index is 1110. The second-order valence-electron chi connectivity index (χ2n) is 10.8. The fraction of sp³-hybridized carbons (Fsp3) is 0.552. The molecule has 3 aliphatic heterocycles. The normalized spacial score (nSPS) is 20.1. The molecule has 10 heteroatoms. The van der Waals surface area contributed by atoms with E-state index in [0.29, 0.717) is 37.8 Å². The molecule has 1 N–H and O–H groups in total. The van der Waals surface area contributed by atoms with E-state index >= 15 is 0 Å². The minimum atomic E-state index is -0.144. The number of amides is 3. The summed E-state index contributed by atoms with van der Waals surface area (Å²) in [4.78, 5) is 45.7. The number of urea groups is 1. The third kappa shape index (κ3) is 6.62. The summed E-state index contributed by atoms with van der Waals surface area (Å²) < 4.78 is 7.26. The molecule has 10 nitrogen and oxygen atoms in total. The van der Waals surface area contributed by atoms with Crippen molar-refractivity contribution < 1.29 is 19.1 Å². The van der Waals surface area contributed by atoms with Crippen LogP contribution >= 0.6 is 0 Å². The Morgan fingerprint density at radius 3 is 2.23 bits per heavy atom. The lowest BCUT2D eigenvalue weighted by atomic mass is 9.84. The number of nitrogens with one attached hydrogen (secondary N) is 1. The van der Waals surface area contributed by atoms with Gasteiger partial charge in [0.25, 0.3) is 5.91 Å². The second kappa shape index (κ2) is 12.7. The molecule has 0 aliphatic carbocycles. The first-order valence-electron chi connectivity index (χ1n) is 14.1. The van der Waals surface area contributed by atoms with Gasteiger partial charge in [0.2, 0.25) is 0 Å². The maximum absolute atomic E-state index is 12.8. The molecule has 3 saturated heterocycles. The van der Waals surface area contributed by atoms with Crippen LogP contribution in [0.25, 0.3) is 0 Å². The molecule has 39 heavy (non-hydrogen) atoms. The fourth-order valence-corrected chi connectivity index (χ4v) is 5.89. The largest absolute Gasteiger partial charge is 0.379 e. The monoisotopic (exact) mass is 536 g/mol. The quantitative estimate of drug-likeness (QED) is 0.547. The number of nitrogens with zero attached hydrogens (tertiary/aromatic N) is 5. The Hall–Kier alpha value is -3.37. The van der Waals surface area contributed by atoms with E-state index in [0.717, 1.165) is 76.4 Å². The predicted octanol–water partition coefficient (Wildman–Crippen LogP) is 2.38. The first-order chi connectivity index (χ1) is 19.0. The molecule has 4 heterocycles. The third-order valence-electron chi connectivity index (χ3n) is 8.39. The van der Waals surface area contributed by atoms with Gasteiger partial charge in [-0.1, -0.05) is 0 Å². The first kappa shape index (κ1) is 27.2. The zero-order valence-electron chi connectivity index (χ0n) is 22.8. The number of rotatable bonds is 7. The van der Waals surface area contributed by atoms with Crippen molar-refractivity contribution in [2.24, 2.45) is 18.9 Å². The topological polar surface area (TPSA) is 90.4 Å². The molecule has 3 amide bonds. The molecule has 210 valence electrons. The van der Waals surface area contributed by atoms with Crippen LogP contribution in [0.2, 0.25) is 0 Å². The van der Waals surface area contributed by atoms with Crippen molar-refractivity contribution in [3.05, 3.63) is 48.3 Å². The van der Waals surface area contributed by atoms with Crippen LogP contribution in [0, 0.1) is 11.8 Å². The summed E-state index contributed by atoms with van der Waals surface area (Å²) in [6.45, 7) is 8.07. The van der Waals surface area contributed by atoms with Gasteiger partial charge in [-0.25, -0.2) is 4.79 Å². The molecule has 2 aromatic rings. The van der Waals surface area contributed by atoms with Crippen LogP contribution in [-0.2, 0) is 16.6 Å². The van der Waals surface area contributed by atoms with Gasteiger partial charge in [-0.3, -0.25) is 9.69 Å². The van der Waals surface area contributed by atoms with Crippen molar-refractivity contribution in [3.63, 3.8) is 0 Å². The number of aldehydes is 1. The lowest BCUT2D eigenvalue weighted by molar-refractivity contribution is -0.114. The highest BCUT2D eigenvalue weighted by Crippen LogP contribution is 2.29. The number of carbonyl (C=O) groups excluding carboxylic acids is 3. The summed E-state index contributed by atoms with van der Waals surface area (Å²) in [5.41, 5.74) is 2.55. The van der Waals surface area contributed by atoms with Crippen molar-refractivity contribution in [1.82, 2.24) is 19.3 Å². The number of aryl methyl sites for hydroxylation is 1. The number of carbonyl (C=O) groups is 3. The average Bonchev–Trinajstić information content (AvgIpc) is 3.42. The van der Waals surface area contributed by atoms with Crippen LogP contribution in [-0.4, -0.2) is 110 Å². The Morgan fingerprint density at radius 2 is 1.62 bits per heavy atom. The van der Waals surface area contributed by atoms with Crippen molar-refractivity contribution in [2.45, 2.75) is 12.8 Å². The first-order valence-corrected chi connectivity index (χ1v) is 14.1. The number of ether oxygens (including phenoxy) is 1. The van der Waals surface area contributed by atoms with Crippen molar-refractivity contribution in [1.29, 1.82) is 0 Å². The van der Waals surface area contributed by atoms with Gasteiger partial charge in [0.15, 0.2) is 0 Å². The smallest absolute Gasteiger partial charge is 0.321 e. The van der Waals surface area contributed by atoms with Crippen molar-refractivity contribution in [3.8, 4) is 0 Å². The number of benzene rings is 1. The highest BCUT2D eigenvalue weighted by Gasteiger charge is 2.29. The Kier molecular flexibility index (Phi) is 8.83. The van der Waals surface area contributed by atoms with Crippen molar-refractivity contribution in [2.75, 3.05) is 82.3 Å². The number of hydrogen-bond acceptors (Lipinski definition) is 6. The SMILES string of the molecule is Cn1cccc1C(=O)N1CCN(C(=O)Nc2ccc(N3CCC(C(C=O)CN4CCOCC4)CC3)cc2)CC1. The molecule has 0 radical (unpaired) electrons. The number of aromatic nitrogens is 1. The Balaban J connectivity index is 1.06. The molecule has 1 aromatic heterocycles. The molecule has 1 atom stereocenters. The van der Waals surface area contributed by atoms with Crippen LogP contribution in [0.5, 0.6) is 0 Å². The fourth-order valence-electron chi connectivity index (χ4n) is 5.89. The zero-order valence-corrected chi connectivity index (χ0v) is 22.8. The highest BCUT2D eigenvalue weighted by molar-refractivity contribution is 5.93. The summed E-state index contributed by atoms with van der Waals surface area (Å²) in [6.07, 6.45) is 5.03. The molecule has 0 saturated carbocycles. The van der Waals surface area contributed by atoms with E-state index in [1.165, 1.54) is 0 Å². The number of morpholine rings is 1. The average molecular weight is 537 g/mol. The number of piperazine rings is 1. The van der Waals surface area contributed by atoms with Crippen LogP contribution in [0.3, 0.4) is 0 Å². The molecule has 3 aliphatic rings. The van der Waals surface area contributed by atoms with Crippen LogP contribution in [0.1, 0.15) is 23.3 Å². The number of anilines is 2. The Morgan fingerprint density at radius 1 is 0.949 bits per heavy atom. The molecular weight excluding hydrogens is 496 g/mol. The maximum atomic E-state index is 12.8. The molecule has 5 rings (SSSR count). The summed E-state index contributed by atoms with van der Waals surface area (Å²) >= 11 is 0. The van der Waals surface area contributed by atoms with Gasteiger partial charge < -0.3 is 34.1 Å². The van der Waals surface area contributed by atoms with E-state index in [2.05, 4.69) is 27.2 Å². The van der Waals surface area contributed by atoms with Gasteiger partial charge in [-0.2, -0.15) is 0 Å². The maximum Gasteiger partial charge on any atom is 0.321 e. The van der Waals surface area contributed by atoms with Gasteiger partial charge >= 0.3 is 6.03 Å². The van der Waals surface area contributed by atoms with Crippen LogP contribution in [0.15, 0.2) is 42.6 Å². The summed E-state index contributed by atoms with van der Waals surface area (Å²) in [6, 6.07) is 11.5. The molecule has 0 bridgehead atoms. The molecule has 0 spiro atoms. The standard InChI is InChI=1S/C29H40N6O4/c1-31-10-2-3-27(31)28(37)34-13-15-35(16-14-34)29(38)30-25-4-6-26(7-5-25)33-11-8-23(9-12-33)24(22-36)21-32-17-19-39-20-18-32/h2-7,10,22-24H,8-9,11-21H2,1H3,(H,30,38). The second-order valence-corrected chi connectivity index (χ2v) is 10.8. The molecule has 3 fully saturated rings. The summed E-state index contributed by atoms with van der Waals surface area (Å²) in [5, 5.41) is 3.00. The minimum absolute atomic E-state index is 0.000890. The van der Waals surface area contributed by atoms with Gasteiger partial charge in [0.05, 0.1) is 13.2 Å². The van der Waals surface area contributed by atoms with E-state index in [-0.39, 0.29) is 17.9 Å². The highest BCUT2D eigenvalue weighted by atomic mass is 16.5. The lowest BCUT2D eigenvalue weighted by Gasteiger charge is -2.38. The van der Waals surface area contributed by atoms with E-state index in [1.807, 2.05) is 42.1 Å². The number of piperidine rings is 1. The minimum Gasteiger partial charge on any atom is -0.379 e. The predicted molar refractivity (Wildman–Crippen MR) is 150 cm³/mol. The van der Waals surface area contributed by atoms with E-state index in [1.54, 1.807) is 9.80 Å². The number of hydrogen-bond donors (Lipinski definition) is 1. The zero-order chi connectivity index (χ0) is 27.2. The van der Waals surface area contributed by atoms with Gasteiger partial charge in [-0.05, 0) is 55.2 Å². The van der Waals surface area contributed by atoms with E-state index < -0.39 is 0 Å². The van der Waals surface area contributed by atoms with Gasteiger partial charge in [-0.15, -0.1) is 0 Å². The van der Waals surface area contributed by atoms with E-state index in [9.17, 15) is 14.4 Å². The van der Waals surface area contributed by atoms with Crippen molar-refractivity contribution >= 4 is 29.6 Å². The molecular formula is C29H40N6O4. The van der Waals surface area contributed by atoms with E-state index in [4.69, 9.17) is 4.74 Å². The van der Waals surface area contributed by atoms with Crippen LogP contribution in [0.4, 0.5) is 16.2 Å². The third-order valence-corrected chi connectivity index (χ3v) is 8.39. The lowest BCUT2D eigenvalue weighted by Crippen LogP contribution is -2.51. The Labute approximate surface area is 230 Å². The molecule has 1 unspecified atom stereocenters. The van der Waals surface area contributed by atoms with Crippen LogP contribution < -0.4 is 10.2 Å². The molecule has 1 aromatic carbocycles. The summed E-state index contributed by atoms with van der Waals surface area (Å²) in [5.74, 6) is 0.505. The van der Waals surface area contributed by atoms with Gasteiger partial charge in [0.1, 0.15) is 12.0 Å². The summed E-state index contributed by atoms with van der Waals surface area (Å²) in [7, 11) is 1.86.